The highest BCUT2D eigenvalue weighted by atomic mass is 127. The van der Waals surface area contributed by atoms with Gasteiger partial charge in [-0.3, -0.25) is 4.57 Å². The number of anilines is 1. The molecular formula is C26H35IN4O5. The summed E-state index contributed by atoms with van der Waals surface area (Å²) in [5.74, 6) is 1.37. The van der Waals surface area contributed by atoms with Crippen molar-refractivity contribution < 1.29 is 53.3 Å². The van der Waals surface area contributed by atoms with Gasteiger partial charge in [-0.05, 0) is 29.8 Å². The van der Waals surface area contributed by atoms with E-state index in [2.05, 4.69) is 19.4 Å². The van der Waals surface area contributed by atoms with Crippen LogP contribution in [0.2, 0.25) is 0 Å². The number of rotatable bonds is 7. The zero-order chi connectivity index (χ0) is 24.6. The van der Waals surface area contributed by atoms with Crippen LogP contribution in [0.25, 0.3) is 11.0 Å². The zero-order valence-electron chi connectivity index (χ0n) is 20.6. The van der Waals surface area contributed by atoms with Crippen LogP contribution in [0, 0.1) is 0 Å². The van der Waals surface area contributed by atoms with E-state index < -0.39 is 24.5 Å². The van der Waals surface area contributed by atoms with Gasteiger partial charge in [0.15, 0.2) is 6.23 Å². The summed E-state index contributed by atoms with van der Waals surface area (Å²) in [6.07, 6.45) is -1.78. The summed E-state index contributed by atoms with van der Waals surface area (Å²) in [5, 5.41) is 33.8. The smallest absolute Gasteiger partial charge is 0.206 e. The lowest BCUT2D eigenvalue weighted by Crippen LogP contribution is -3.00. The number of aromatic nitrogens is 2. The van der Waals surface area contributed by atoms with Gasteiger partial charge in [0, 0.05) is 19.4 Å². The Kier molecular flexibility index (Phi) is 8.42. The van der Waals surface area contributed by atoms with E-state index in [9.17, 15) is 15.3 Å². The zero-order valence-corrected chi connectivity index (χ0v) is 22.8. The SMILES string of the molecule is C[N+]1(C)CCC(Oc2cccc(CNc3nc4ccccc4n3[C@@H]3O[C@H](CO)[C@@H](O)[C@H]3O)c2)CC1.[I-]. The second-order valence-electron chi connectivity index (χ2n) is 10.2. The molecule has 0 bridgehead atoms. The predicted octanol–water partition coefficient (Wildman–Crippen LogP) is -1.12. The number of likely N-dealkylation sites (tertiary alicyclic amines) is 1. The normalized spacial score (nSPS) is 26.0. The fraction of sp³-hybridized carbons (Fsp3) is 0.500. The number of fused-ring (bicyclic) bond motifs is 1. The molecule has 2 fully saturated rings. The molecule has 196 valence electrons. The summed E-state index contributed by atoms with van der Waals surface area (Å²) < 4.78 is 14.9. The lowest BCUT2D eigenvalue weighted by atomic mass is 10.1. The molecule has 2 saturated heterocycles. The van der Waals surface area contributed by atoms with Crippen molar-refractivity contribution in [3.8, 4) is 5.75 Å². The quantitative estimate of drug-likeness (QED) is 0.199. The molecule has 3 aromatic rings. The van der Waals surface area contributed by atoms with Gasteiger partial charge in [-0.15, -0.1) is 0 Å². The Morgan fingerprint density at radius 1 is 1.08 bits per heavy atom. The number of aliphatic hydroxyl groups excluding tert-OH is 3. The summed E-state index contributed by atoms with van der Waals surface area (Å²) in [6, 6.07) is 15.6. The van der Waals surface area contributed by atoms with Crippen LogP contribution in [0.5, 0.6) is 5.75 Å². The number of halogens is 1. The minimum atomic E-state index is -1.19. The minimum absolute atomic E-state index is 0. The van der Waals surface area contributed by atoms with Gasteiger partial charge in [-0.2, -0.15) is 0 Å². The first kappa shape index (κ1) is 27.1. The van der Waals surface area contributed by atoms with Crippen LogP contribution in [-0.4, -0.2) is 87.6 Å². The van der Waals surface area contributed by atoms with E-state index in [0.717, 1.165) is 52.8 Å². The van der Waals surface area contributed by atoms with Crippen LogP contribution in [-0.2, 0) is 11.3 Å². The molecule has 0 unspecified atom stereocenters. The number of hydrogen-bond donors (Lipinski definition) is 4. The number of benzene rings is 2. The third kappa shape index (κ3) is 5.63. The largest absolute Gasteiger partial charge is 1.00 e. The third-order valence-corrected chi connectivity index (χ3v) is 7.13. The maximum atomic E-state index is 10.6. The molecule has 2 aromatic carbocycles. The molecule has 4 atom stereocenters. The van der Waals surface area contributed by atoms with Gasteiger partial charge in [0.25, 0.3) is 0 Å². The van der Waals surface area contributed by atoms with Crippen LogP contribution in [0.15, 0.2) is 48.5 Å². The van der Waals surface area contributed by atoms with E-state index in [4.69, 9.17) is 14.5 Å². The van der Waals surface area contributed by atoms with Crippen molar-refractivity contribution in [1.82, 2.24) is 9.55 Å². The van der Waals surface area contributed by atoms with Crippen LogP contribution in [0.1, 0.15) is 24.6 Å². The van der Waals surface area contributed by atoms with Crippen LogP contribution >= 0.6 is 0 Å². The van der Waals surface area contributed by atoms with Crippen molar-refractivity contribution >= 4 is 17.0 Å². The lowest BCUT2D eigenvalue weighted by Gasteiger charge is -2.37. The molecule has 2 aliphatic heterocycles. The maximum Gasteiger partial charge on any atom is 0.206 e. The summed E-state index contributed by atoms with van der Waals surface area (Å²) >= 11 is 0. The van der Waals surface area contributed by atoms with Crippen LogP contribution in [0.3, 0.4) is 0 Å². The van der Waals surface area contributed by atoms with Gasteiger partial charge < -0.3 is 58.6 Å². The van der Waals surface area contributed by atoms with Crippen LogP contribution in [0.4, 0.5) is 5.95 Å². The van der Waals surface area contributed by atoms with E-state index in [-0.39, 0.29) is 36.7 Å². The van der Waals surface area contributed by atoms with Gasteiger partial charge in [0.2, 0.25) is 5.95 Å². The van der Waals surface area contributed by atoms with Gasteiger partial charge in [-0.25, -0.2) is 4.98 Å². The maximum absolute atomic E-state index is 10.6. The molecule has 1 aromatic heterocycles. The Balaban J connectivity index is 0.00000304. The van der Waals surface area contributed by atoms with Crippen LogP contribution < -0.4 is 34.0 Å². The van der Waals surface area contributed by atoms with E-state index in [1.165, 1.54) is 0 Å². The van der Waals surface area contributed by atoms with E-state index in [1.807, 2.05) is 48.5 Å². The Labute approximate surface area is 228 Å². The standard InChI is InChI=1S/C26H35N4O5.HI/c1-30(2)12-10-18(11-13-30)34-19-7-5-6-17(14-19)15-27-26-28-20-8-3-4-9-21(20)29(26)25-24(33)23(32)22(16-31)35-25;/h3-9,14,18,22-25,31-33H,10-13,15-16H2,1-2H3,(H,27,28);1H/q+1;/p-1/t22-,23-,24-,25-;/m1./s1. The van der Waals surface area contributed by atoms with Crippen molar-refractivity contribution in [2.24, 2.45) is 0 Å². The van der Waals surface area contributed by atoms with Gasteiger partial charge in [0.1, 0.15) is 30.2 Å². The van der Waals surface area contributed by atoms with Gasteiger partial charge in [0.05, 0.1) is 44.8 Å². The number of imidazole rings is 1. The summed E-state index contributed by atoms with van der Waals surface area (Å²) in [7, 11) is 4.52. The minimum Gasteiger partial charge on any atom is -1.00 e. The fourth-order valence-electron chi connectivity index (χ4n) is 4.98. The molecule has 0 saturated carbocycles. The molecule has 9 nitrogen and oxygen atoms in total. The highest BCUT2D eigenvalue weighted by molar-refractivity contribution is 5.78. The van der Waals surface area contributed by atoms with Crippen molar-refractivity contribution in [3.05, 3.63) is 54.1 Å². The first-order valence-electron chi connectivity index (χ1n) is 12.3. The van der Waals surface area contributed by atoms with Crippen molar-refractivity contribution in [2.45, 2.75) is 50.0 Å². The molecule has 3 heterocycles. The van der Waals surface area contributed by atoms with Crippen molar-refractivity contribution in [2.75, 3.05) is 39.1 Å². The molecule has 0 radical (unpaired) electrons. The lowest BCUT2D eigenvalue weighted by molar-refractivity contribution is -0.895. The van der Waals surface area contributed by atoms with Gasteiger partial charge >= 0.3 is 0 Å². The topological polar surface area (TPSA) is 109 Å². The number of nitrogens with zero attached hydrogens (tertiary/aromatic N) is 3. The first-order valence-corrected chi connectivity index (χ1v) is 12.3. The number of nitrogens with one attached hydrogen (secondary N) is 1. The molecular weight excluding hydrogens is 575 g/mol. The number of quaternary nitrogens is 1. The van der Waals surface area contributed by atoms with Crippen molar-refractivity contribution in [3.63, 3.8) is 0 Å². The Morgan fingerprint density at radius 2 is 1.83 bits per heavy atom. The first-order chi connectivity index (χ1) is 16.8. The summed E-state index contributed by atoms with van der Waals surface area (Å²) in [6.45, 7) is 2.34. The van der Waals surface area contributed by atoms with E-state index in [0.29, 0.717) is 12.5 Å². The fourth-order valence-corrected chi connectivity index (χ4v) is 4.98. The molecule has 0 spiro atoms. The molecule has 0 amide bonds. The number of aliphatic hydroxyl groups is 3. The van der Waals surface area contributed by atoms with E-state index in [1.54, 1.807) is 4.57 Å². The molecule has 4 N–H and O–H groups in total. The number of ether oxygens (including phenoxy) is 2. The Hall–Kier alpha value is -1.96. The Bertz CT molecular complexity index is 1160. The van der Waals surface area contributed by atoms with Crippen molar-refractivity contribution in [1.29, 1.82) is 0 Å². The molecule has 10 heteroatoms. The number of hydrogen-bond acceptors (Lipinski definition) is 7. The number of piperidine rings is 1. The van der Waals surface area contributed by atoms with Gasteiger partial charge in [-0.1, -0.05) is 24.3 Å². The summed E-state index contributed by atoms with van der Waals surface area (Å²) in [4.78, 5) is 4.70. The number of para-hydroxylation sites is 2. The highest BCUT2D eigenvalue weighted by Crippen LogP contribution is 2.35. The molecule has 2 aliphatic rings. The molecule has 0 aliphatic carbocycles. The predicted molar refractivity (Wildman–Crippen MR) is 132 cm³/mol. The monoisotopic (exact) mass is 610 g/mol. The molecule has 5 rings (SSSR count). The van der Waals surface area contributed by atoms with E-state index >= 15 is 0 Å². The third-order valence-electron chi connectivity index (χ3n) is 7.13. The molecule has 36 heavy (non-hydrogen) atoms. The average molecular weight is 610 g/mol. The Morgan fingerprint density at radius 3 is 2.56 bits per heavy atom. The summed E-state index contributed by atoms with van der Waals surface area (Å²) in [5.41, 5.74) is 2.54. The second kappa shape index (κ2) is 11.2. The highest BCUT2D eigenvalue weighted by Gasteiger charge is 2.44. The average Bonchev–Trinajstić information content (AvgIpc) is 3.36. The second-order valence-corrected chi connectivity index (χ2v) is 10.2.